The lowest BCUT2D eigenvalue weighted by molar-refractivity contribution is -0.111. The summed E-state index contributed by atoms with van der Waals surface area (Å²) >= 11 is 0. The van der Waals surface area contributed by atoms with Gasteiger partial charge < -0.3 is 24.1 Å². The van der Waals surface area contributed by atoms with Gasteiger partial charge in [0.15, 0.2) is 5.43 Å². The molecule has 1 aliphatic rings. The molecule has 0 spiro atoms. The van der Waals surface area contributed by atoms with Crippen LogP contribution in [0.2, 0.25) is 0 Å². The monoisotopic (exact) mass is 320 g/mol. The van der Waals surface area contributed by atoms with Crippen molar-refractivity contribution in [3.8, 4) is 5.75 Å². The Morgan fingerprint density at radius 1 is 1.30 bits per heavy atom. The van der Waals surface area contributed by atoms with E-state index in [1.165, 1.54) is 6.07 Å². The topological polar surface area (TPSA) is 89.1 Å². The maximum Gasteiger partial charge on any atom is 0.193 e. The summed E-state index contributed by atoms with van der Waals surface area (Å²) in [4.78, 5) is 12.3. The van der Waals surface area contributed by atoms with Crippen LogP contribution in [-0.4, -0.2) is 28.5 Å². The molecule has 2 aromatic rings. The number of hydrogen-bond donors (Lipinski definition) is 2. The van der Waals surface area contributed by atoms with Crippen molar-refractivity contribution in [3.63, 3.8) is 0 Å². The van der Waals surface area contributed by atoms with Crippen molar-refractivity contribution in [1.82, 2.24) is 0 Å². The number of benzene rings is 1. The van der Waals surface area contributed by atoms with E-state index in [1.54, 1.807) is 26.0 Å². The van der Waals surface area contributed by atoms with E-state index >= 15 is 0 Å². The highest BCUT2D eigenvalue weighted by atomic mass is 16.5. The van der Waals surface area contributed by atoms with Crippen LogP contribution in [0.3, 0.4) is 0 Å². The molecule has 1 aliphatic heterocycles. The molecular formula is C17H20O6. The average Bonchev–Trinajstić information content (AvgIpc) is 2.49. The summed E-state index contributed by atoms with van der Waals surface area (Å²) in [6, 6.07) is 4.60. The number of fused-ring (bicyclic) bond motifs is 3. The molecule has 0 amide bonds. The Morgan fingerprint density at radius 3 is 2.74 bits per heavy atom. The molecule has 1 aromatic heterocycles. The van der Waals surface area contributed by atoms with E-state index in [2.05, 4.69) is 0 Å². The van der Waals surface area contributed by atoms with Gasteiger partial charge in [0.05, 0.1) is 10.9 Å². The summed E-state index contributed by atoms with van der Waals surface area (Å²) < 4.78 is 16.8. The number of rotatable bonds is 3. The SMILES string of the molecule is CCOCc1cc(=O)c2ccc3c(c2o1)[C@@H](O)[C@@H](O)C(C)(C)O3. The van der Waals surface area contributed by atoms with Gasteiger partial charge in [-0.05, 0) is 32.9 Å². The predicted octanol–water partition coefficient (Wildman–Crippen LogP) is 1.89. The van der Waals surface area contributed by atoms with Crippen molar-refractivity contribution in [1.29, 1.82) is 0 Å². The van der Waals surface area contributed by atoms with Crippen LogP contribution in [0.15, 0.2) is 27.4 Å². The minimum absolute atomic E-state index is 0.163. The highest BCUT2D eigenvalue weighted by Gasteiger charge is 2.43. The van der Waals surface area contributed by atoms with Crippen LogP contribution >= 0.6 is 0 Å². The number of aliphatic hydroxyl groups is 2. The molecule has 0 bridgehead atoms. The van der Waals surface area contributed by atoms with E-state index in [4.69, 9.17) is 13.9 Å². The molecule has 0 radical (unpaired) electrons. The van der Waals surface area contributed by atoms with Gasteiger partial charge in [-0.15, -0.1) is 0 Å². The Kier molecular flexibility index (Phi) is 3.91. The molecule has 23 heavy (non-hydrogen) atoms. The molecule has 1 aromatic carbocycles. The second kappa shape index (κ2) is 5.63. The van der Waals surface area contributed by atoms with Gasteiger partial charge in [0.2, 0.25) is 0 Å². The molecule has 3 rings (SSSR count). The third kappa shape index (κ3) is 2.63. The Labute approximate surface area is 133 Å². The van der Waals surface area contributed by atoms with Gasteiger partial charge in [0.1, 0.15) is 41.5 Å². The van der Waals surface area contributed by atoms with E-state index in [9.17, 15) is 15.0 Å². The van der Waals surface area contributed by atoms with Crippen LogP contribution in [-0.2, 0) is 11.3 Å². The van der Waals surface area contributed by atoms with E-state index in [1.807, 2.05) is 6.92 Å². The zero-order chi connectivity index (χ0) is 16.8. The minimum Gasteiger partial charge on any atom is -0.485 e. The van der Waals surface area contributed by atoms with Crippen molar-refractivity contribution in [3.05, 3.63) is 39.7 Å². The molecule has 0 saturated carbocycles. The molecule has 6 nitrogen and oxygen atoms in total. The first-order valence-corrected chi connectivity index (χ1v) is 7.57. The Balaban J connectivity index is 2.22. The van der Waals surface area contributed by atoms with Gasteiger partial charge in [-0.2, -0.15) is 0 Å². The first-order chi connectivity index (χ1) is 10.8. The first kappa shape index (κ1) is 16.0. The van der Waals surface area contributed by atoms with E-state index in [0.29, 0.717) is 29.1 Å². The Bertz CT molecular complexity index is 792. The van der Waals surface area contributed by atoms with Crippen LogP contribution in [0.4, 0.5) is 0 Å². The highest BCUT2D eigenvalue weighted by molar-refractivity contribution is 5.83. The lowest BCUT2D eigenvalue weighted by Crippen LogP contribution is -2.48. The largest absolute Gasteiger partial charge is 0.485 e. The fourth-order valence-electron chi connectivity index (χ4n) is 2.79. The zero-order valence-electron chi connectivity index (χ0n) is 13.3. The summed E-state index contributed by atoms with van der Waals surface area (Å²) in [7, 11) is 0. The van der Waals surface area contributed by atoms with E-state index in [0.717, 1.165) is 0 Å². The summed E-state index contributed by atoms with van der Waals surface area (Å²) in [6.45, 7) is 5.88. The standard InChI is InChI=1S/C17H20O6/c1-4-21-8-9-7-11(18)10-5-6-12-13(15(10)22-9)14(19)16(20)17(2,3)23-12/h5-7,14,16,19-20H,4,8H2,1-3H3/t14-,16-/m1/s1. The minimum atomic E-state index is -1.21. The van der Waals surface area contributed by atoms with Gasteiger partial charge >= 0.3 is 0 Å². The Hall–Kier alpha value is -1.89. The highest BCUT2D eigenvalue weighted by Crippen LogP contribution is 2.43. The van der Waals surface area contributed by atoms with Crippen LogP contribution in [0.1, 0.15) is 38.2 Å². The summed E-state index contributed by atoms with van der Waals surface area (Å²) in [5, 5.41) is 21.1. The van der Waals surface area contributed by atoms with Gasteiger partial charge in [-0.25, -0.2) is 0 Å². The molecule has 6 heteroatoms. The lowest BCUT2D eigenvalue weighted by atomic mass is 9.87. The fourth-order valence-corrected chi connectivity index (χ4v) is 2.79. The van der Waals surface area contributed by atoms with Gasteiger partial charge in [-0.3, -0.25) is 4.79 Å². The molecule has 2 N–H and O–H groups in total. The van der Waals surface area contributed by atoms with Crippen LogP contribution < -0.4 is 10.2 Å². The van der Waals surface area contributed by atoms with Crippen LogP contribution in [0, 0.1) is 0 Å². The molecule has 0 unspecified atom stereocenters. The van der Waals surface area contributed by atoms with E-state index < -0.39 is 17.8 Å². The number of hydrogen-bond acceptors (Lipinski definition) is 6. The quantitative estimate of drug-likeness (QED) is 0.898. The van der Waals surface area contributed by atoms with Crippen molar-refractivity contribution < 1.29 is 24.1 Å². The van der Waals surface area contributed by atoms with Gasteiger partial charge in [0, 0.05) is 12.7 Å². The van der Waals surface area contributed by atoms with Crippen LogP contribution in [0.25, 0.3) is 11.0 Å². The third-order valence-electron chi connectivity index (χ3n) is 4.08. The van der Waals surface area contributed by atoms with Gasteiger partial charge in [0.25, 0.3) is 0 Å². The molecular weight excluding hydrogens is 300 g/mol. The second-order valence-corrected chi connectivity index (χ2v) is 6.16. The van der Waals surface area contributed by atoms with Gasteiger partial charge in [-0.1, -0.05) is 0 Å². The molecule has 2 atom stereocenters. The van der Waals surface area contributed by atoms with Crippen molar-refractivity contribution >= 4 is 11.0 Å². The first-order valence-electron chi connectivity index (χ1n) is 7.57. The molecule has 0 fully saturated rings. The summed E-state index contributed by atoms with van der Waals surface area (Å²) in [6.07, 6.45) is -2.34. The van der Waals surface area contributed by atoms with Crippen molar-refractivity contribution in [2.45, 2.75) is 45.2 Å². The zero-order valence-corrected chi connectivity index (χ0v) is 13.3. The number of aliphatic hydroxyl groups excluding tert-OH is 2. The third-order valence-corrected chi connectivity index (χ3v) is 4.08. The van der Waals surface area contributed by atoms with Crippen LogP contribution in [0.5, 0.6) is 5.75 Å². The maximum atomic E-state index is 12.3. The second-order valence-electron chi connectivity index (χ2n) is 6.16. The average molecular weight is 320 g/mol. The lowest BCUT2D eigenvalue weighted by Gasteiger charge is -2.40. The summed E-state index contributed by atoms with van der Waals surface area (Å²) in [5.74, 6) is 0.765. The molecule has 124 valence electrons. The van der Waals surface area contributed by atoms with E-state index in [-0.39, 0.29) is 17.6 Å². The van der Waals surface area contributed by atoms with Crippen molar-refractivity contribution in [2.75, 3.05) is 6.61 Å². The normalized spacial score (nSPS) is 22.7. The number of ether oxygens (including phenoxy) is 2. The molecule has 2 heterocycles. The molecule has 0 aliphatic carbocycles. The Morgan fingerprint density at radius 2 is 2.04 bits per heavy atom. The van der Waals surface area contributed by atoms with Crippen molar-refractivity contribution in [2.24, 2.45) is 0 Å². The smallest absolute Gasteiger partial charge is 0.193 e. The maximum absolute atomic E-state index is 12.3. The molecule has 0 saturated heterocycles. The fraction of sp³-hybridized carbons (Fsp3) is 0.471. The predicted molar refractivity (Wildman–Crippen MR) is 83.5 cm³/mol. The summed E-state index contributed by atoms with van der Waals surface area (Å²) in [5.41, 5.74) is -0.643.